The van der Waals surface area contributed by atoms with Crippen LogP contribution in [-0.2, 0) is 4.74 Å². The minimum absolute atomic E-state index is 0.104. The van der Waals surface area contributed by atoms with Crippen LogP contribution in [0.2, 0.25) is 0 Å². The summed E-state index contributed by atoms with van der Waals surface area (Å²) in [5, 5.41) is 1.12. The van der Waals surface area contributed by atoms with Gasteiger partial charge < -0.3 is 19.4 Å². The second-order valence-corrected chi connectivity index (χ2v) is 8.32. The number of pyridine rings is 2. The Morgan fingerprint density at radius 3 is 2.47 bits per heavy atom. The number of ether oxygens (including phenoxy) is 1. The van der Waals surface area contributed by atoms with Gasteiger partial charge in [-0.2, -0.15) is 0 Å². The summed E-state index contributed by atoms with van der Waals surface area (Å²) in [6.07, 6.45) is 7.78. The number of hydrogen-bond donors (Lipinski definition) is 0. The van der Waals surface area contributed by atoms with E-state index in [1.807, 2.05) is 30.7 Å². The molecule has 3 aliphatic rings. The molecule has 6 rings (SSSR count). The topological polar surface area (TPSA) is 70.5 Å². The summed E-state index contributed by atoms with van der Waals surface area (Å²) < 4.78 is 5.53. The molecule has 0 amide bonds. The third-order valence-electron chi connectivity index (χ3n) is 6.70. The van der Waals surface area contributed by atoms with Gasteiger partial charge in [-0.3, -0.25) is 4.98 Å². The Balaban J connectivity index is 1.34. The molecule has 3 aromatic heterocycles. The van der Waals surface area contributed by atoms with Crippen molar-refractivity contribution >= 4 is 28.5 Å². The van der Waals surface area contributed by atoms with Gasteiger partial charge in [-0.15, -0.1) is 0 Å². The molecule has 1 unspecified atom stereocenters. The van der Waals surface area contributed by atoms with Crippen LogP contribution in [0.5, 0.6) is 0 Å². The second-order valence-electron chi connectivity index (χ2n) is 8.32. The highest BCUT2D eigenvalue weighted by Gasteiger charge is 2.50. The highest BCUT2D eigenvalue weighted by atomic mass is 16.5. The quantitative estimate of drug-likeness (QED) is 0.659. The van der Waals surface area contributed by atoms with Gasteiger partial charge in [0.1, 0.15) is 11.6 Å². The van der Waals surface area contributed by atoms with Crippen LogP contribution >= 0.6 is 0 Å². The zero-order chi connectivity index (χ0) is 20.0. The third-order valence-corrected chi connectivity index (χ3v) is 6.70. The predicted octanol–water partition coefficient (Wildman–Crippen LogP) is 2.12. The molecule has 0 saturated carbocycles. The molecule has 1 atom stereocenters. The lowest BCUT2D eigenvalue weighted by Gasteiger charge is -2.50. The second kappa shape index (κ2) is 7.05. The number of fused-ring (bicyclic) bond motifs is 1. The number of anilines is 3. The summed E-state index contributed by atoms with van der Waals surface area (Å²) in [5.41, 5.74) is 1.11. The lowest BCUT2D eigenvalue weighted by molar-refractivity contribution is 0.122. The van der Waals surface area contributed by atoms with Crippen LogP contribution < -0.4 is 14.7 Å². The normalized spacial score (nSPS) is 23.9. The molecule has 0 radical (unpaired) electrons. The molecule has 8 heteroatoms. The molecule has 0 N–H and O–H groups in total. The van der Waals surface area contributed by atoms with Crippen molar-refractivity contribution < 1.29 is 4.74 Å². The van der Waals surface area contributed by atoms with Gasteiger partial charge in [0.25, 0.3) is 0 Å². The van der Waals surface area contributed by atoms with E-state index >= 15 is 0 Å². The zero-order valence-corrected chi connectivity index (χ0v) is 16.9. The van der Waals surface area contributed by atoms with Crippen LogP contribution in [0, 0.1) is 0 Å². The Hall–Kier alpha value is -3.00. The maximum Gasteiger partial charge on any atom is 0.225 e. The minimum Gasteiger partial charge on any atom is -0.378 e. The van der Waals surface area contributed by atoms with Gasteiger partial charge in [-0.25, -0.2) is 15.0 Å². The standard InChI is InChI=1S/C22H25N7O/c1-3-17-18(23-6-1)15-19(27-11-13-30-14-12-27)26-20(17)28-9-4-22(16-28)5-10-29(22)21-24-7-2-8-25-21/h1-3,6-8,15H,4-5,9-14,16H2. The fraction of sp³-hybridized carbons (Fsp3) is 0.455. The van der Waals surface area contributed by atoms with Gasteiger partial charge >= 0.3 is 0 Å². The molecule has 3 aliphatic heterocycles. The first-order chi connectivity index (χ1) is 14.8. The van der Waals surface area contributed by atoms with Crippen LogP contribution in [0.4, 0.5) is 17.6 Å². The smallest absolute Gasteiger partial charge is 0.225 e. The van der Waals surface area contributed by atoms with E-state index in [4.69, 9.17) is 9.72 Å². The number of morpholine rings is 1. The van der Waals surface area contributed by atoms with Gasteiger partial charge in [-0.1, -0.05) is 0 Å². The highest BCUT2D eigenvalue weighted by Crippen LogP contribution is 2.43. The molecule has 0 aromatic carbocycles. The third kappa shape index (κ3) is 2.86. The van der Waals surface area contributed by atoms with E-state index in [9.17, 15) is 0 Å². The molecule has 3 saturated heterocycles. The van der Waals surface area contributed by atoms with Gasteiger partial charge in [-0.05, 0) is 31.0 Å². The van der Waals surface area contributed by atoms with Crippen molar-refractivity contribution in [3.05, 3.63) is 42.9 Å². The van der Waals surface area contributed by atoms with Crippen LogP contribution in [0.1, 0.15) is 12.8 Å². The van der Waals surface area contributed by atoms with E-state index in [1.54, 1.807) is 0 Å². The molecule has 1 spiro atoms. The Labute approximate surface area is 175 Å². The Bertz CT molecular complexity index is 1060. The summed E-state index contributed by atoms with van der Waals surface area (Å²) in [5.74, 6) is 2.88. The van der Waals surface area contributed by atoms with E-state index in [-0.39, 0.29) is 5.54 Å². The minimum atomic E-state index is 0.104. The fourth-order valence-electron chi connectivity index (χ4n) is 4.98. The summed E-state index contributed by atoms with van der Waals surface area (Å²) in [7, 11) is 0. The lowest BCUT2D eigenvalue weighted by Crippen LogP contribution is -2.62. The van der Waals surface area contributed by atoms with E-state index in [0.717, 1.165) is 80.8 Å². The maximum absolute atomic E-state index is 5.53. The molecular formula is C22H25N7O. The molecule has 30 heavy (non-hydrogen) atoms. The number of rotatable bonds is 3. The molecule has 154 valence electrons. The molecule has 8 nitrogen and oxygen atoms in total. The van der Waals surface area contributed by atoms with Crippen molar-refractivity contribution in [2.75, 3.05) is 60.6 Å². The Morgan fingerprint density at radius 1 is 0.867 bits per heavy atom. The SMILES string of the molecule is c1cnc(N2CCC23CCN(c2nc(N4CCOCC4)cc4ncccc24)C3)nc1. The molecule has 3 fully saturated rings. The number of aromatic nitrogens is 4. The summed E-state index contributed by atoms with van der Waals surface area (Å²) in [6, 6.07) is 8.12. The van der Waals surface area contributed by atoms with Crippen molar-refractivity contribution in [3.8, 4) is 0 Å². The average molecular weight is 403 g/mol. The van der Waals surface area contributed by atoms with E-state index in [0.29, 0.717) is 0 Å². The summed E-state index contributed by atoms with van der Waals surface area (Å²) in [6.45, 7) is 6.16. The van der Waals surface area contributed by atoms with Crippen LogP contribution in [-0.4, -0.2) is 71.4 Å². The van der Waals surface area contributed by atoms with Crippen molar-refractivity contribution in [2.24, 2.45) is 0 Å². The van der Waals surface area contributed by atoms with Crippen LogP contribution in [0.25, 0.3) is 10.9 Å². The molecule has 0 bridgehead atoms. The van der Waals surface area contributed by atoms with Crippen molar-refractivity contribution in [1.29, 1.82) is 0 Å². The van der Waals surface area contributed by atoms with Gasteiger partial charge in [0.2, 0.25) is 5.95 Å². The van der Waals surface area contributed by atoms with Crippen LogP contribution in [0.3, 0.4) is 0 Å². The fourth-order valence-corrected chi connectivity index (χ4v) is 4.98. The average Bonchev–Trinajstić information content (AvgIpc) is 3.27. The number of nitrogens with zero attached hydrogens (tertiary/aromatic N) is 7. The summed E-state index contributed by atoms with van der Waals surface area (Å²) >= 11 is 0. The molecule has 3 aromatic rings. The maximum atomic E-state index is 5.53. The predicted molar refractivity (Wildman–Crippen MR) is 116 cm³/mol. The molecular weight excluding hydrogens is 378 g/mol. The van der Waals surface area contributed by atoms with Gasteiger partial charge in [0, 0.05) is 62.8 Å². The van der Waals surface area contributed by atoms with Crippen molar-refractivity contribution in [3.63, 3.8) is 0 Å². The van der Waals surface area contributed by atoms with E-state index in [2.05, 4.69) is 41.8 Å². The van der Waals surface area contributed by atoms with Gasteiger partial charge in [0.05, 0.1) is 24.3 Å². The highest BCUT2D eigenvalue weighted by molar-refractivity contribution is 5.92. The first-order valence-corrected chi connectivity index (χ1v) is 10.7. The largest absolute Gasteiger partial charge is 0.378 e. The Kier molecular flexibility index (Phi) is 4.19. The van der Waals surface area contributed by atoms with Crippen molar-refractivity contribution in [1.82, 2.24) is 19.9 Å². The molecule has 0 aliphatic carbocycles. The first kappa shape index (κ1) is 17.8. The zero-order valence-electron chi connectivity index (χ0n) is 16.9. The number of hydrogen-bond acceptors (Lipinski definition) is 8. The van der Waals surface area contributed by atoms with E-state index in [1.165, 1.54) is 6.42 Å². The Morgan fingerprint density at radius 2 is 1.67 bits per heavy atom. The molecule has 6 heterocycles. The van der Waals surface area contributed by atoms with Crippen molar-refractivity contribution in [2.45, 2.75) is 18.4 Å². The van der Waals surface area contributed by atoms with E-state index < -0.39 is 0 Å². The summed E-state index contributed by atoms with van der Waals surface area (Å²) in [4.78, 5) is 25.9. The monoisotopic (exact) mass is 403 g/mol. The van der Waals surface area contributed by atoms with Crippen LogP contribution in [0.15, 0.2) is 42.9 Å². The first-order valence-electron chi connectivity index (χ1n) is 10.7. The van der Waals surface area contributed by atoms with Gasteiger partial charge in [0.15, 0.2) is 0 Å². The lowest BCUT2D eigenvalue weighted by atomic mass is 9.84.